The van der Waals surface area contributed by atoms with Crippen LogP contribution in [0.4, 0.5) is 0 Å². The molecule has 1 aromatic rings. The Balaban J connectivity index is 1.89. The Morgan fingerprint density at radius 3 is 2.79 bits per heavy atom. The molecule has 19 heavy (non-hydrogen) atoms. The molecule has 5 nitrogen and oxygen atoms in total. The summed E-state index contributed by atoms with van der Waals surface area (Å²) in [4.78, 5) is 17.5. The van der Waals surface area contributed by atoms with E-state index in [1.807, 2.05) is 13.1 Å². The lowest BCUT2D eigenvalue weighted by atomic mass is 10.1. The first-order chi connectivity index (χ1) is 9.15. The summed E-state index contributed by atoms with van der Waals surface area (Å²) in [6.45, 7) is 6.23. The molecule has 1 aliphatic heterocycles. The SMILES string of the molecule is Cc1cn(CCN2CCCCC2)c(SCC(=O)O)n1. The van der Waals surface area contributed by atoms with Crippen LogP contribution in [0.1, 0.15) is 25.0 Å². The topological polar surface area (TPSA) is 58.4 Å². The molecule has 0 aromatic carbocycles. The fraction of sp³-hybridized carbons (Fsp3) is 0.692. The summed E-state index contributed by atoms with van der Waals surface area (Å²) >= 11 is 1.30. The van der Waals surface area contributed by atoms with Gasteiger partial charge in [-0.1, -0.05) is 18.2 Å². The molecule has 1 aromatic heterocycles. The van der Waals surface area contributed by atoms with E-state index in [9.17, 15) is 4.79 Å². The molecule has 0 aliphatic carbocycles. The van der Waals surface area contributed by atoms with Gasteiger partial charge in [0.05, 0.1) is 11.4 Å². The third-order valence-corrected chi connectivity index (χ3v) is 4.27. The standard InChI is InChI=1S/C13H21N3O2S/c1-11-9-16(13(14-11)19-10-12(17)18)8-7-15-5-3-2-4-6-15/h9H,2-8,10H2,1H3,(H,17,18). The first kappa shape index (κ1) is 14.4. The fourth-order valence-electron chi connectivity index (χ4n) is 2.36. The van der Waals surface area contributed by atoms with Crippen molar-refractivity contribution in [1.82, 2.24) is 14.5 Å². The molecule has 0 amide bonds. The van der Waals surface area contributed by atoms with Gasteiger partial charge in [0, 0.05) is 19.3 Å². The maximum absolute atomic E-state index is 10.6. The number of carboxylic acid groups (broad SMARTS) is 1. The number of likely N-dealkylation sites (tertiary alicyclic amines) is 1. The average Bonchev–Trinajstić information content (AvgIpc) is 2.75. The highest BCUT2D eigenvalue weighted by atomic mass is 32.2. The third kappa shape index (κ3) is 4.54. The van der Waals surface area contributed by atoms with Crippen molar-refractivity contribution in [2.24, 2.45) is 0 Å². The molecule has 0 atom stereocenters. The van der Waals surface area contributed by atoms with Gasteiger partial charge >= 0.3 is 5.97 Å². The zero-order valence-corrected chi connectivity index (χ0v) is 12.2. The molecular formula is C13H21N3O2S. The average molecular weight is 283 g/mol. The smallest absolute Gasteiger partial charge is 0.313 e. The van der Waals surface area contributed by atoms with Crippen molar-refractivity contribution in [3.63, 3.8) is 0 Å². The minimum Gasteiger partial charge on any atom is -0.481 e. The molecule has 6 heteroatoms. The van der Waals surface area contributed by atoms with Crippen molar-refractivity contribution in [2.75, 3.05) is 25.4 Å². The van der Waals surface area contributed by atoms with Gasteiger partial charge < -0.3 is 14.6 Å². The highest BCUT2D eigenvalue weighted by molar-refractivity contribution is 7.99. The van der Waals surface area contributed by atoms with Crippen molar-refractivity contribution >= 4 is 17.7 Å². The van der Waals surface area contributed by atoms with E-state index in [4.69, 9.17) is 5.11 Å². The summed E-state index contributed by atoms with van der Waals surface area (Å²) in [5.41, 5.74) is 0.950. The van der Waals surface area contributed by atoms with Gasteiger partial charge in [-0.05, 0) is 32.9 Å². The minimum atomic E-state index is -0.798. The van der Waals surface area contributed by atoms with Gasteiger partial charge in [0.2, 0.25) is 0 Å². The zero-order chi connectivity index (χ0) is 13.7. The van der Waals surface area contributed by atoms with Crippen LogP contribution in [0.25, 0.3) is 0 Å². The second kappa shape index (κ2) is 6.96. The number of hydrogen-bond donors (Lipinski definition) is 1. The summed E-state index contributed by atoms with van der Waals surface area (Å²) in [5.74, 6) is -0.728. The van der Waals surface area contributed by atoms with Gasteiger partial charge in [-0.25, -0.2) is 4.98 Å². The highest BCUT2D eigenvalue weighted by Crippen LogP contribution is 2.18. The predicted octanol–water partition coefficient (Wildman–Crippen LogP) is 1.85. The fourth-order valence-corrected chi connectivity index (χ4v) is 3.13. The lowest BCUT2D eigenvalue weighted by Crippen LogP contribution is -2.32. The van der Waals surface area contributed by atoms with Gasteiger partial charge in [0.15, 0.2) is 5.16 Å². The van der Waals surface area contributed by atoms with Crippen molar-refractivity contribution in [3.05, 3.63) is 11.9 Å². The van der Waals surface area contributed by atoms with Gasteiger partial charge in [-0.15, -0.1) is 0 Å². The van der Waals surface area contributed by atoms with Gasteiger partial charge in [0.25, 0.3) is 0 Å². The molecule has 0 unspecified atom stereocenters. The Kier molecular flexibility index (Phi) is 5.27. The Bertz CT molecular complexity index is 428. The summed E-state index contributed by atoms with van der Waals surface area (Å²) in [5, 5.41) is 9.56. The van der Waals surface area contributed by atoms with Crippen LogP contribution in [-0.2, 0) is 11.3 Å². The number of nitrogens with zero attached hydrogens (tertiary/aromatic N) is 3. The van der Waals surface area contributed by atoms with E-state index in [1.165, 1.54) is 44.1 Å². The van der Waals surface area contributed by atoms with Crippen LogP contribution in [0.5, 0.6) is 0 Å². The highest BCUT2D eigenvalue weighted by Gasteiger charge is 2.12. The molecule has 0 saturated carbocycles. The number of carboxylic acids is 1. The van der Waals surface area contributed by atoms with E-state index >= 15 is 0 Å². The Labute approximate surface area is 118 Å². The molecule has 2 heterocycles. The molecule has 1 aliphatic rings. The van der Waals surface area contributed by atoms with E-state index in [0.717, 1.165) is 23.9 Å². The predicted molar refractivity (Wildman–Crippen MR) is 75.6 cm³/mol. The Morgan fingerprint density at radius 1 is 1.37 bits per heavy atom. The molecule has 0 radical (unpaired) electrons. The summed E-state index contributed by atoms with van der Waals surface area (Å²) in [7, 11) is 0. The first-order valence-corrected chi connectivity index (χ1v) is 7.74. The number of aryl methyl sites for hydroxylation is 1. The third-order valence-electron chi connectivity index (χ3n) is 3.29. The maximum atomic E-state index is 10.6. The molecular weight excluding hydrogens is 262 g/mol. The molecule has 1 fully saturated rings. The molecule has 0 spiro atoms. The molecule has 1 N–H and O–H groups in total. The molecule has 0 bridgehead atoms. The van der Waals surface area contributed by atoms with E-state index in [-0.39, 0.29) is 5.75 Å². The van der Waals surface area contributed by atoms with Crippen molar-refractivity contribution in [2.45, 2.75) is 37.9 Å². The van der Waals surface area contributed by atoms with Crippen LogP contribution in [0.15, 0.2) is 11.4 Å². The van der Waals surface area contributed by atoms with Crippen LogP contribution >= 0.6 is 11.8 Å². The number of aromatic nitrogens is 2. The van der Waals surface area contributed by atoms with Gasteiger partial charge in [-0.3, -0.25) is 4.79 Å². The Morgan fingerprint density at radius 2 is 2.11 bits per heavy atom. The van der Waals surface area contributed by atoms with Crippen LogP contribution < -0.4 is 0 Å². The monoisotopic (exact) mass is 283 g/mol. The van der Waals surface area contributed by atoms with E-state index in [2.05, 4.69) is 14.5 Å². The number of rotatable bonds is 6. The molecule has 2 rings (SSSR count). The summed E-state index contributed by atoms with van der Waals surface area (Å²) in [6, 6.07) is 0. The number of thioether (sulfide) groups is 1. The zero-order valence-electron chi connectivity index (χ0n) is 11.3. The van der Waals surface area contributed by atoms with E-state index in [0.29, 0.717) is 0 Å². The normalized spacial score (nSPS) is 16.7. The Hall–Kier alpha value is -1.01. The van der Waals surface area contributed by atoms with Crippen molar-refractivity contribution < 1.29 is 9.90 Å². The van der Waals surface area contributed by atoms with Crippen LogP contribution in [0, 0.1) is 6.92 Å². The number of aliphatic carboxylic acids is 1. The van der Waals surface area contributed by atoms with E-state index in [1.54, 1.807) is 0 Å². The van der Waals surface area contributed by atoms with Crippen LogP contribution in [0.3, 0.4) is 0 Å². The largest absolute Gasteiger partial charge is 0.481 e. The van der Waals surface area contributed by atoms with Crippen molar-refractivity contribution in [1.29, 1.82) is 0 Å². The number of hydrogen-bond acceptors (Lipinski definition) is 4. The quantitative estimate of drug-likeness (QED) is 0.808. The number of piperidine rings is 1. The van der Waals surface area contributed by atoms with E-state index < -0.39 is 5.97 Å². The molecule has 106 valence electrons. The van der Waals surface area contributed by atoms with Crippen molar-refractivity contribution in [3.8, 4) is 0 Å². The maximum Gasteiger partial charge on any atom is 0.313 e. The van der Waals surface area contributed by atoms with Crippen LogP contribution in [-0.4, -0.2) is 50.9 Å². The number of imidazole rings is 1. The second-order valence-corrected chi connectivity index (χ2v) is 5.89. The second-order valence-electron chi connectivity index (χ2n) is 4.94. The minimum absolute atomic E-state index is 0.0696. The summed E-state index contributed by atoms with van der Waals surface area (Å²) in [6.07, 6.45) is 5.95. The lowest BCUT2D eigenvalue weighted by Gasteiger charge is -2.26. The van der Waals surface area contributed by atoms with Crippen LogP contribution in [0.2, 0.25) is 0 Å². The van der Waals surface area contributed by atoms with Gasteiger partial charge in [0.1, 0.15) is 0 Å². The first-order valence-electron chi connectivity index (χ1n) is 6.76. The molecule has 1 saturated heterocycles. The lowest BCUT2D eigenvalue weighted by molar-refractivity contribution is -0.133. The summed E-state index contributed by atoms with van der Waals surface area (Å²) < 4.78 is 2.08. The number of carbonyl (C=O) groups is 1. The van der Waals surface area contributed by atoms with Gasteiger partial charge in [-0.2, -0.15) is 0 Å².